The zero-order valence-corrected chi connectivity index (χ0v) is 23.8. The third kappa shape index (κ3) is 4.58. The first-order valence-corrected chi connectivity index (χ1v) is 14.5. The number of ether oxygens (including phenoxy) is 1. The molecule has 2 bridgehead atoms. The molecule has 3 fully saturated rings. The molecule has 206 valence electrons. The lowest BCUT2D eigenvalue weighted by Crippen LogP contribution is -2.58. The summed E-state index contributed by atoms with van der Waals surface area (Å²) in [5.74, 6) is -2.36. The Morgan fingerprint density at radius 1 is 1.34 bits per heavy atom. The van der Waals surface area contributed by atoms with Crippen molar-refractivity contribution in [2.75, 3.05) is 24.7 Å². The van der Waals surface area contributed by atoms with Gasteiger partial charge in [0.1, 0.15) is 6.04 Å². The number of thioether (sulfide) groups is 1. The van der Waals surface area contributed by atoms with Crippen molar-refractivity contribution in [1.82, 2.24) is 4.90 Å². The predicted octanol–water partition coefficient (Wildman–Crippen LogP) is 4.39. The molecule has 2 amide bonds. The van der Waals surface area contributed by atoms with Gasteiger partial charge in [-0.25, -0.2) is 0 Å². The largest absolute Gasteiger partial charge is 0.465 e. The molecule has 6 atom stereocenters. The van der Waals surface area contributed by atoms with Gasteiger partial charge in [-0.15, -0.1) is 24.9 Å². The van der Waals surface area contributed by atoms with Crippen LogP contribution in [0.5, 0.6) is 0 Å². The molecule has 3 aliphatic heterocycles. The summed E-state index contributed by atoms with van der Waals surface area (Å²) >= 11 is 8.18. The molecule has 1 spiro atoms. The van der Waals surface area contributed by atoms with E-state index in [2.05, 4.69) is 13.2 Å². The number of fused-ring (bicyclic) bond motifs is 1. The smallest absolute Gasteiger partial charge is 0.310 e. The number of aliphatic hydroxyl groups is 1. The number of likely N-dealkylation sites (tertiary alicyclic amines) is 1. The highest BCUT2D eigenvalue weighted by atomic mass is 35.5. The molecule has 3 saturated heterocycles. The van der Waals surface area contributed by atoms with Crippen LogP contribution in [0, 0.1) is 24.7 Å². The summed E-state index contributed by atoms with van der Waals surface area (Å²) in [6.07, 6.45) is 5.19. The van der Waals surface area contributed by atoms with Crippen LogP contribution in [-0.2, 0) is 19.1 Å². The second-order valence-corrected chi connectivity index (χ2v) is 12.7. The number of aryl methyl sites for hydroxylation is 1. The van der Waals surface area contributed by atoms with E-state index < -0.39 is 34.6 Å². The fourth-order valence-electron chi connectivity index (χ4n) is 6.49. The van der Waals surface area contributed by atoms with Gasteiger partial charge in [0.05, 0.1) is 46.5 Å². The number of aliphatic hydroxyl groups excluding tert-OH is 1. The number of halogens is 1. The number of carbonyl (C=O) groups excluding carboxylic acids is 3. The number of hydrogen-bond acceptors (Lipinski definition) is 6. The van der Waals surface area contributed by atoms with E-state index in [1.807, 2.05) is 32.9 Å². The summed E-state index contributed by atoms with van der Waals surface area (Å²) in [4.78, 5) is 45.4. The Kier molecular flexibility index (Phi) is 8.65. The Morgan fingerprint density at radius 2 is 2.08 bits per heavy atom. The molecule has 7 nitrogen and oxygen atoms in total. The standard InChI is InChI=1S/C29H37ClN2O5S/c1-6-8-15-37-28(36)22-21-12-13-29(38-21)23(22)26(34)32(20(16-33)17(3)4)25(29)27(35)31(14-7-2)24-18(5)10-9-11-19(24)30/h6-7,9-11,17,20-23,25,33H,1-2,8,12-16H2,3-5H3/t20-,21-,22+,23-,25?,29?/m0/s1. The molecule has 1 N–H and O–H groups in total. The van der Waals surface area contributed by atoms with Gasteiger partial charge < -0.3 is 19.6 Å². The number of amides is 2. The van der Waals surface area contributed by atoms with Gasteiger partial charge in [-0.3, -0.25) is 14.4 Å². The van der Waals surface area contributed by atoms with E-state index >= 15 is 0 Å². The van der Waals surface area contributed by atoms with Gasteiger partial charge in [0.25, 0.3) is 5.91 Å². The molecule has 38 heavy (non-hydrogen) atoms. The van der Waals surface area contributed by atoms with Gasteiger partial charge in [0, 0.05) is 11.8 Å². The van der Waals surface area contributed by atoms with E-state index in [1.54, 1.807) is 39.8 Å². The molecule has 4 rings (SSSR count). The average molecular weight is 561 g/mol. The molecule has 0 radical (unpaired) electrons. The van der Waals surface area contributed by atoms with Crippen LogP contribution in [-0.4, -0.2) is 69.6 Å². The second kappa shape index (κ2) is 11.4. The Morgan fingerprint density at radius 3 is 2.68 bits per heavy atom. The lowest BCUT2D eigenvalue weighted by atomic mass is 9.71. The maximum absolute atomic E-state index is 14.7. The minimum absolute atomic E-state index is 0.0980. The van der Waals surface area contributed by atoms with E-state index in [0.29, 0.717) is 30.0 Å². The number of para-hydroxylation sites is 1. The zero-order chi connectivity index (χ0) is 27.8. The van der Waals surface area contributed by atoms with Gasteiger partial charge in [0.2, 0.25) is 5.91 Å². The highest BCUT2D eigenvalue weighted by Crippen LogP contribution is 2.67. The van der Waals surface area contributed by atoms with E-state index in [4.69, 9.17) is 16.3 Å². The van der Waals surface area contributed by atoms with Crippen LogP contribution in [0.15, 0.2) is 43.5 Å². The normalized spacial score (nSPS) is 28.4. The Bertz CT molecular complexity index is 1110. The fourth-order valence-corrected chi connectivity index (χ4v) is 9.00. The summed E-state index contributed by atoms with van der Waals surface area (Å²) < 4.78 is 4.76. The number of carbonyl (C=O) groups is 3. The molecule has 9 heteroatoms. The fraction of sp³-hybridized carbons (Fsp3) is 0.552. The lowest BCUT2D eigenvalue weighted by Gasteiger charge is -2.41. The molecule has 0 aromatic heterocycles. The van der Waals surface area contributed by atoms with Crippen molar-refractivity contribution in [2.45, 2.75) is 62.1 Å². The average Bonchev–Trinajstić information content (AvgIpc) is 3.51. The van der Waals surface area contributed by atoms with Crippen LogP contribution in [0.1, 0.15) is 38.7 Å². The molecule has 3 heterocycles. The molecule has 2 unspecified atom stereocenters. The van der Waals surface area contributed by atoms with Crippen LogP contribution in [0.3, 0.4) is 0 Å². The third-order valence-electron chi connectivity index (χ3n) is 8.16. The quantitative estimate of drug-likeness (QED) is 0.245. The van der Waals surface area contributed by atoms with Crippen molar-refractivity contribution in [2.24, 2.45) is 17.8 Å². The summed E-state index contributed by atoms with van der Waals surface area (Å²) in [5.41, 5.74) is 1.40. The summed E-state index contributed by atoms with van der Waals surface area (Å²) in [6.45, 7) is 13.4. The number of anilines is 1. The van der Waals surface area contributed by atoms with E-state index in [-0.39, 0.29) is 42.7 Å². The zero-order valence-electron chi connectivity index (χ0n) is 22.3. The third-order valence-corrected chi connectivity index (χ3v) is 10.4. The number of benzene rings is 1. The van der Waals surface area contributed by atoms with E-state index in [1.165, 1.54) is 0 Å². The monoisotopic (exact) mass is 560 g/mol. The summed E-state index contributed by atoms with van der Waals surface area (Å²) in [5, 5.41) is 10.7. The first-order chi connectivity index (χ1) is 18.1. The SMILES string of the molecule is C=CCCOC(=O)[C@@H]1[C@@H]2CCC3(S2)C(C(=O)N(CC=C)c2c(C)cccc2Cl)N([C@@H](CO)C(C)C)C(=O)[C@H]13. The molecule has 1 aromatic carbocycles. The number of nitrogens with zero attached hydrogens (tertiary/aromatic N) is 2. The Hall–Kier alpha value is -2.29. The van der Waals surface area contributed by atoms with Gasteiger partial charge in [0.15, 0.2) is 0 Å². The number of hydrogen-bond donors (Lipinski definition) is 1. The first-order valence-electron chi connectivity index (χ1n) is 13.2. The summed E-state index contributed by atoms with van der Waals surface area (Å²) in [6, 6.07) is 4.01. The highest BCUT2D eigenvalue weighted by molar-refractivity contribution is 8.02. The van der Waals surface area contributed by atoms with Crippen molar-refractivity contribution in [1.29, 1.82) is 0 Å². The first kappa shape index (κ1) is 28.7. The van der Waals surface area contributed by atoms with Crippen molar-refractivity contribution in [3.63, 3.8) is 0 Å². The van der Waals surface area contributed by atoms with Gasteiger partial charge in [-0.05, 0) is 43.7 Å². The van der Waals surface area contributed by atoms with E-state index in [9.17, 15) is 19.5 Å². The van der Waals surface area contributed by atoms with Crippen molar-refractivity contribution in [3.05, 3.63) is 54.1 Å². The second-order valence-electron chi connectivity index (χ2n) is 10.7. The van der Waals surface area contributed by atoms with Crippen LogP contribution >= 0.6 is 23.4 Å². The van der Waals surface area contributed by atoms with Crippen LogP contribution in [0.4, 0.5) is 5.69 Å². The number of rotatable bonds is 11. The lowest BCUT2D eigenvalue weighted by molar-refractivity contribution is -0.154. The molecule has 3 aliphatic rings. The van der Waals surface area contributed by atoms with Crippen molar-refractivity contribution < 1.29 is 24.2 Å². The van der Waals surface area contributed by atoms with E-state index in [0.717, 1.165) is 5.56 Å². The maximum atomic E-state index is 14.7. The van der Waals surface area contributed by atoms with Crippen LogP contribution in [0.2, 0.25) is 5.02 Å². The van der Waals surface area contributed by atoms with Crippen LogP contribution < -0.4 is 4.90 Å². The molecular weight excluding hydrogens is 524 g/mol. The molecule has 0 saturated carbocycles. The maximum Gasteiger partial charge on any atom is 0.310 e. The highest BCUT2D eigenvalue weighted by Gasteiger charge is 2.75. The Balaban J connectivity index is 1.82. The predicted molar refractivity (Wildman–Crippen MR) is 151 cm³/mol. The Labute approximate surface area is 234 Å². The molecule has 1 aromatic rings. The minimum Gasteiger partial charge on any atom is -0.465 e. The van der Waals surface area contributed by atoms with Gasteiger partial charge in [-0.2, -0.15) is 0 Å². The molecular formula is C29H37ClN2O5S. The van der Waals surface area contributed by atoms with Gasteiger partial charge in [-0.1, -0.05) is 49.7 Å². The molecule has 0 aliphatic carbocycles. The number of esters is 1. The van der Waals surface area contributed by atoms with Crippen LogP contribution in [0.25, 0.3) is 0 Å². The minimum atomic E-state index is -0.865. The van der Waals surface area contributed by atoms with Gasteiger partial charge >= 0.3 is 5.97 Å². The van der Waals surface area contributed by atoms with Crippen molar-refractivity contribution >= 4 is 46.8 Å². The van der Waals surface area contributed by atoms with Crippen molar-refractivity contribution in [3.8, 4) is 0 Å². The topological polar surface area (TPSA) is 87.2 Å². The summed E-state index contributed by atoms with van der Waals surface area (Å²) in [7, 11) is 0.